The van der Waals surface area contributed by atoms with Gasteiger partial charge in [-0.15, -0.1) is 0 Å². The standard InChI is InChI=1S/C14H17NO2/c1-4-12-10(3)6-7-11(13(12)9-15)8-14(16)17-5-2/h6-7H,4-5,8H2,1-3H3. The van der Waals surface area contributed by atoms with Gasteiger partial charge in [-0.2, -0.15) is 5.26 Å². The fourth-order valence-electron chi connectivity index (χ4n) is 1.91. The fourth-order valence-corrected chi connectivity index (χ4v) is 1.91. The molecule has 0 saturated heterocycles. The Balaban J connectivity index is 3.09. The lowest BCUT2D eigenvalue weighted by atomic mass is 9.94. The molecule has 0 atom stereocenters. The second kappa shape index (κ2) is 6.05. The number of hydrogen-bond acceptors (Lipinski definition) is 3. The number of benzene rings is 1. The molecule has 17 heavy (non-hydrogen) atoms. The van der Waals surface area contributed by atoms with Crippen molar-refractivity contribution in [2.24, 2.45) is 0 Å². The maximum Gasteiger partial charge on any atom is 0.310 e. The van der Waals surface area contributed by atoms with Gasteiger partial charge in [-0.1, -0.05) is 19.1 Å². The molecule has 0 unspecified atom stereocenters. The van der Waals surface area contributed by atoms with Crippen molar-refractivity contribution in [2.75, 3.05) is 6.61 Å². The van der Waals surface area contributed by atoms with Gasteiger partial charge in [0.1, 0.15) is 0 Å². The van der Waals surface area contributed by atoms with Crippen LogP contribution in [0.2, 0.25) is 0 Å². The summed E-state index contributed by atoms with van der Waals surface area (Å²) in [5.74, 6) is -0.282. The zero-order valence-electron chi connectivity index (χ0n) is 10.5. The summed E-state index contributed by atoms with van der Waals surface area (Å²) < 4.78 is 4.90. The number of nitrogens with zero attached hydrogens (tertiary/aromatic N) is 1. The summed E-state index contributed by atoms with van der Waals surface area (Å²) in [6.07, 6.45) is 0.968. The van der Waals surface area contributed by atoms with Crippen LogP contribution >= 0.6 is 0 Å². The number of aryl methyl sites for hydroxylation is 1. The molecule has 1 aromatic carbocycles. The number of esters is 1. The Labute approximate surface area is 102 Å². The van der Waals surface area contributed by atoms with Crippen LogP contribution in [0.1, 0.15) is 36.1 Å². The normalized spacial score (nSPS) is 9.76. The van der Waals surface area contributed by atoms with Gasteiger partial charge in [0.15, 0.2) is 0 Å². The van der Waals surface area contributed by atoms with Gasteiger partial charge in [-0.05, 0) is 37.0 Å². The molecule has 0 spiro atoms. The Morgan fingerprint density at radius 1 is 1.41 bits per heavy atom. The molecule has 0 radical (unpaired) electrons. The minimum Gasteiger partial charge on any atom is -0.466 e. The van der Waals surface area contributed by atoms with Crippen LogP contribution in [0.4, 0.5) is 0 Å². The predicted octanol–water partition coefficient (Wildman–Crippen LogP) is 2.53. The van der Waals surface area contributed by atoms with Crippen LogP contribution in [0, 0.1) is 18.3 Å². The molecule has 1 aromatic rings. The lowest BCUT2D eigenvalue weighted by Crippen LogP contribution is -2.10. The molecule has 0 N–H and O–H groups in total. The summed E-state index contributed by atoms with van der Waals surface area (Å²) in [6, 6.07) is 5.99. The monoisotopic (exact) mass is 231 g/mol. The molecule has 0 aliphatic heterocycles. The number of carbonyl (C=O) groups is 1. The summed E-state index contributed by atoms with van der Waals surface area (Å²) >= 11 is 0. The predicted molar refractivity (Wildman–Crippen MR) is 65.6 cm³/mol. The number of nitriles is 1. The summed E-state index contributed by atoms with van der Waals surface area (Å²) in [5, 5.41) is 9.20. The Hall–Kier alpha value is -1.82. The van der Waals surface area contributed by atoms with Crippen molar-refractivity contribution in [3.63, 3.8) is 0 Å². The van der Waals surface area contributed by atoms with Gasteiger partial charge >= 0.3 is 5.97 Å². The highest BCUT2D eigenvalue weighted by atomic mass is 16.5. The number of carbonyl (C=O) groups excluding carboxylic acids is 1. The Morgan fingerprint density at radius 3 is 2.65 bits per heavy atom. The van der Waals surface area contributed by atoms with E-state index in [4.69, 9.17) is 4.74 Å². The molecular weight excluding hydrogens is 214 g/mol. The van der Waals surface area contributed by atoms with Crippen LogP contribution in [-0.4, -0.2) is 12.6 Å². The summed E-state index contributed by atoms with van der Waals surface area (Å²) in [4.78, 5) is 11.4. The molecule has 3 heteroatoms. The van der Waals surface area contributed by atoms with E-state index in [1.807, 2.05) is 26.0 Å². The van der Waals surface area contributed by atoms with Gasteiger partial charge in [0.2, 0.25) is 0 Å². The van der Waals surface area contributed by atoms with E-state index < -0.39 is 0 Å². The first-order valence-electron chi connectivity index (χ1n) is 5.81. The van der Waals surface area contributed by atoms with Crippen molar-refractivity contribution in [3.05, 3.63) is 34.4 Å². The van der Waals surface area contributed by atoms with Crippen LogP contribution in [0.3, 0.4) is 0 Å². The van der Waals surface area contributed by atoms with Gasteiger partial charge in [0.05, 0.1) is 24.7 Å². The summed E-state index contributed by atoms with van der Waals surface area (Å²) in [6.45, 7) is 6.13. The zero-order valence-corrected chi connectivity index (χ0v) is 10.5. The third kappa shape index (κ3) is 3.07. The SMILES string of the molecule is CCOC(=O)Cc1ccc(C)c(CC)c1C#N. The first-order valence-corrected chi connectivity index (χ1v) is 5.81. The van der Waals surface area contributed by atoms with Crippen LogP contribution in [0.5, 0.6) is 0 Å². The van der Waals surface area contributed by atoms with E-state index >= 15 is 0 Å². The first-order chi connectivity index (χ1) is 8.13. The average Bonchev–Trinajstić information content (AvgIpc) is 2.31. The number of rotatable bonds is 4. The van der Waals surface area contributed by atoms with E-state index in [0.29, 0.717) is 12.2 Å². The van der Waals surface area contributed by atoms with E-state index in [9.17, 15) is 10.1 Å². The molecular formula is C14H17NO2. The van der Waals surface area contributed by atoms with Gasteiger partial charge in [-0.3, -0.25) is 4.79 Å². The van der Waals surface area contributed by atoms with Crippen molar-refractivity contribution < 1.29 is 9.53 Å². The third-order valence-corrected chi connectivity index (χ3v) is 2.74. The van der Waals surface area contributed by atoms with E-state index in [1.165, 1.54) is 0 Å². The lowest BCUT2D eigenvalue weighted by molar-refractivity contribution is -0.142. The molecule has 0 saturated carbocycles. The van der Waals surface area contributed by atoms with Crippen molar-refractivity contribution in [3.8, 4) is 6.07 Å². The molecule has 0 bridgehead atoms. The second-order valence-electron chi connectivity index (χ2n) is 3.84. The zero-order chi connectivity index (χ0) is 12.8. The van der Waals surface area contributed by atoms with Crippen molar-refractivity contribution in [1.82, 2.24) is 0 Å². The van der Waals surface area contributed by atoms with E-state index in [2.05, 4.69) is 6.07 Å². The minimum atomic E-state index is -0.282. The molecule has 0 fully saturated rings. The maximum absolute atomic E-state index is 11.4. The summed E-state index contributed by atoms with van der Waals surface area (Å²) in [5.41, 5.74) is 3.50. The van der Waals surface area contributed by atoms with Crippen LogP contribution < -0.4 is 0 Å². The topological polar surface area (TPSA) is 50.1 Å². The van der Waals surface area contributed by atoms with Crippen molar-refractivity contribution in [2.45, 2.75) is 33.6 Å². The summed E-state index contributed by atoms with van der Waals surface area (Å²) in [7, 11) is 0. The Morgan fingerprint density at radius 2 is 2.12 bits per heavy atom. The minimum absolute atomic E-state index is 0.171. The van der Waals surface area contributed by atoms with Crippen molar-refractivity contribution in [1.29, 1.82) is 5.26 Å². The third-order valence-electron chi connectivity index (χ3n) is 2.74. The van der Waals surface area contributed by atoms with Gasteiger partial charge in [-0.25, -0.2) is 0 Å². The van der Waals surface area contributed by atoms with E-state index in [-0.39, 0.29) is 12.4 Å². The van der Waals surface area contributed by atoms with Crippen LogP contribution in [0.15, 0.2) is 12.1 Å². The molecule has 0 aliphatic rings. The Bertz CT molecular complexity index is 458. The molecule has 0 amide bonds. The van der Waals surface area contributed by atoms with Crippen LogP contribution in [0.25, 0.3) is 0 Å². The Kier molecular flexibility index (Phi) is 4.71. The van der Waals surface area contributed by atoms with Gasteiger partial charge in [0, 0.05) is 0 Å². The molecule has 90 valence electrons. The highest BCUT2D eigenvalue weighted by Crippen LogP contribution is 2.19. The van der Waals surface area contributed by atoms with Crippen molar-refractivity contribution >= 4 is 5.97 Å². The average molecular weight is 231 g/mol. The molecule has 3 nitrogen and oxygen atoms in total. The van der Waals surface area contributed by atoms with Gasteiger partial charge < -0.3 is 4.74 Å². The molecule has 0 heterocycles. The van der Waals surface area contributed by atoms with Gasteiger partial charge in [0.25, 0.3) is 0 Å². The highest BCUT2D eigenvalue weighted by molar-refractivity contribution is 5.74. The first kappa shape index (κ1) is 13.2. The number of ether oxygens (including phenoxy) is 1. The quantitative estimate of drug-likeness (QED) is 0.748. The smallest absolute Gasteiger partial charge is 0.310 e. The lowest BCUT2D eigenvalue weighted by Gasteiger charge is -2.10. The molecule has 1 rings (SSSR count). The number of hydrogen-bond donors (Lipinski definition) is 0. The largest absolute Gasteiger partial charge is 0.466 e. The second-order valence-corrected chi connectivity index (χ2v) is 3.84. The van der Waals surface area contributed by atoms with E-state index in [0.717, 1.165) is 23.1 Å². The molecule has 0 aromatic heterocycles. The fraction of sp³-hybridized carbons (Fsp3) is 0.429. The van der Waals surface area contributed by atoms with E-state index in [1.54, 1.807) is 6.92 Å². The highest BCUT2D eigenvalue weighted by Gasteiger charge is 2.13. The maximum atomic E-state index is 11.4. The molecule has 0 aliphatic carbocycles. The van der Waals surface area contributed by atoms with Crippen LogP contribution in [-0.2, 0) is 22.4 Å².